The average molecular weight is 250 g/mol. The Labute approximate surface area is 107 Å². The fourth-order valence-electron chi connectivity index (χ4n) is 2.90. The third-order valence-electron chi connectivity index (χ3n) is 3.86. The molecule has 1 unspecified atom stereocenters. The zero-order chi connectivity index (χ0) is 13.0. The Morgan fingerprint density at radius 2 is 1.94 bits per heavy atom. The summed E-state index contributed by atoms with van der Waals surface area (Å²) in [4.78, 5) is 11.4. The molecule has 0 aliphatic heterocycles. The molecule has 1 aliphatic carbocycles. The molecular weight excluding hydrogens is 231 g/mol. The number of hydrogen-bond acceptors (Lipinski definition) is 2. The van der Waals surface area contributed by atoms with Crippen LogP contribution in [0.4, 0.5) is 4.39 Å². The molecule has 0 bridgehead atoms. The van der Waals surface area contributed by atoms with E-state index in [0.29, 0.717) is 18.3 Å². The minimum atomic E-state index is -0.209. The predicted octanol–water partition coefficient (Wildman–Crippen LogP) is 3.66. The molecule has 1 aromatic rings. The highest BCUT2D eigenvalue weighted by molar-refractivity contribution is 5.69. The quantitative estimate of drug-likeness (QED) is 0.765. The highest BCUT2D eigenvalue weighted by Crippen LogP contribution is 2.39. The number of hydrogen-bond donors (Lipinski definition) is 0. The van der Waals surface area contributed by atoms with Gasteiger partial charge in [0.1, 0.15) is 5.82 Å². The van der Waals surface area contributed by atoms with E-state index < -0.39 is 0 Å². The Bertz CT molecular complexity index is 399. The van der Waals surface area contributed by atoms with Crippen molar-refractivity contribution in [1.82, 2.24) is 0 Å². The van der Waals surface area contributed by atoms with E-state index in [9.17, 15) is 9.18 Å². The summed E-state index contributed by atoms with van der Waals surface area (Å²) < 4.78 is 17.7. The van der Waals surface area contributed by atoms with Crippen LogP contribution in [0, 0.1) is 11.7 Å². The van der Waals surface area contributed by atoms with Gasteiger partial charge in [-0.05, 0) is 42.4 Å². The number of methoxy groups -OCH3 is 1. The van der Waals surface area contributed by atoms with Gasteiger partial charge in [0.15, 0.2) is 0 Å². The summed E-state index contributed by atoms with van der Waals surface area (Å²) in [6, 6.07) is 6.68. The van der Waals surface area contributed by atoms with Crippen LogP contribution >= 0.6 is 0 Å². The van der Waals surface area contributed by atoms with E-state index in [1.54, 1.807) is 0 Å². The number of carbonyl (C=O) groups excluding carboxylic acids is 1. The van der Waals surface area contributed by atoms with E-state index in [-0.39, 0.29) is 11.8 Å². The molecule has 0 amide bonds. The summed E-state index contributed by atoms with van der Waals surface area (Å²) in [5.74, 6) is 0.336. The van der Waals surface area contributed by atoms with Gasteiger partial charge in [0, 0.05) is 6.42 Å². The molecule has 0 saturated heterocycles. The summed E-state index contributed by atoms with van der Waals surface area (Å²) in [6.45, 7) is 0. The lowest BCUT2D eigenvalue weighted by molar-refractivity contribution is -0.142. The second-order valence-corrected chi connectivity index (χ2v) is 4.98. The third-order valence-corrected chi connectivity index (χ3v) is 3.86. The van der Waals surface area contributed by atoms with Gasteiger partial charge in [-0.2, -0.15) is 0 Å². The van der Waals surface area contributed by atoms with Crippen molar-refractivity contribution in [2.24, 2.45) is 5.92 Å². The number of rotatable bonds is 3. The predicted molar refractivity (Wildman–Crippen MR) is 67.7 cm³/mol. The summed E-state index contributed by atoms with van der Waals surface area (Å²) >= 11 is 0. The van der Waals surface area contributed by atoms with Crippen LogP contribution in [-0.2, 0) is 9.53 Å². The van der Waals surface area contributed by atoms with E-state index in [2.05, 4.69) is 0 Å². The highest BCUT2D eigenvalue weighted by Gasteiger charge is 2.28. The highest BCUT2D eigenvalue weighted by atomic mass is 19.1. The SMILES string of the molecule is COC(=O)C[C@H]1CCCCC1c1ccc(F)cc1. The molecule has 0 spiro atoms. The molecule has 3 heteroatoms. The van der Waals surface area contributed by atoms with Crippen molar-refractivity contribution in [3.05, 3.63) is 35.6 Å². The molecule has 0 N–H and O–H groups in total. The third kappa shape index (κ3) is 3.09. The van der Waals surface area contributed by atoms with Crippen molar-refractivity contribution in [2.45, 2.75) is 38.0 Å². The van der Waals surface area contributed by atoms with E-state index in [4.69, 9.17) is 4.74 Å². The van der Waals surface area contributed by atoms with E-state index in [1.807, 2.05) is 12.1 Å². The van der Waals surface area contributed by atoms with Gasteiger partial charge < -0.3 is 4.74 Å². The Kier molecular flexibility index (Phi) is 4.34. The van der Waals surface area contributed by atoms with Crippen LogP contribution in [0.3, 0.4) is 0 Å². The fourth-order valence-corrected chi connectivity index (χ4v) is 2.90. The standard InChI is InChI=1S/C15H19FO2/c1-18-15(17)10-12-4-2-3-5-14(12)11-6-8-13(16)9-7-11/h6-9,12,14H,2-5,10H2,1H3/t12-,14?/m1/s1. The minimum Gasteiger partial charge on any atom is -0.469 e. The molecular formula is C15H19FO2. The zero-order valence-electron chi connectivity index (χ0n) is 10.7. The Balaban J connectivity index is 2.12. The molecule has 1 fully saturated rings. The minimum absolute atomic E-state index is 0.144. The molecule has 18 heavy (non-hydrogen) atoms. The van der Waals surface area contributed by atoms with Gasteiger partial charge in [0.2, 0.25) is 0 Å². The summed E-state index contributed by atoms with van der Waals surface area (Å²) in [5, 5.41) is 0. The zero-order valence-corrected chi connectivity index (χ0v) is 10.7. The number of ether oxygens (including phenoxy) is 1. The second kappa shape index (κ2) is 5.98. The lowest BCUT2D eigenvalue weighted by atomic mass is 9.74. The monoisotopic (exact) mass is 250 g/mol. The molecule has 0 heterocycles. The maximum Gasteiger partial charge on any atom is 0.305 e. The molecule has 2 atom stereocenters. The maximum atomic E-state index is 12.9. The molecule has 2 rings (SSSR count). The molecule has 0 radical (unpaired) electrons. The number of carbonyl (C=O) groups is 1. The Morgan fingerprint density at radius 3 is 2.61 bits per heavy atom. The van der Waals surface area contributed by atoms with Gasteiger partial charge in [0.05, 0.1) is 7.11 Å². The first-order valence-electron chi connectivity index (χ1n) is 6.53. The van der Waals surface area contributed by atoms with E-state index >= 15 is 0 Å². The van der Waals surface area contributed by atoms with Crippen molar-refractivity contribution in [3.8, 4) is 0 Å². The molecule has 1 aromatic carbocycles. The second-order valence-electron chi connectivity index (χ2n) is 4.98. The van der Waals surface area contributed by atoms with Crippen LogP contribution in [0.5, 0.6) is 0 Å². The van der Waals surface area contributed by atoms with Crippen molar-refractivity contribution in [3.63, 3.8) is 0 Å². The summed E-state index contributed by atoms with van der Waals surface area (Å²) in [5.41, 5.74) is 1.14. The van der Waals surface area contributed by atoms with Crippen LogP contribution in [0.25, 0.3) is 0 Å². The fraction of sp³-hybridized carbons (Fsp3) is 0.533. The topological polar surface area (TPSA) is 26.3 Å². The van der Waals surface area contributed by atoms with Gasteiger partial charge in [0.25, 0.3) is 0 Å². The molecule has 1 saturated carbocycles. The normalized spacial score (nSPS) is 23.7. The molecule has 2 nitrogen and oxygen atoms in total. The van der Waals surface area contributed by atoms with Gasteiger partial charge in [-0.25, -0.2) is 4.39 Å². The molecule has 0 aromatic heterocycles. The largest absolute Gasteiger partial charge is 0.469 e. The van der Waals surface area contributed by atoms with Crippen molar-refractivity contribution in [1.29, 1.82) is 0 Å². The van der Waals surface area contributed by atoms with Crippen LogP contribution in [0.1, 0.15) is 43.6 Å². The molecule has 98 valence electrons. The van der Waals surface area contributed by atoms with E-state index in [1.165, 1.54) is 32.1 Å². The number of esters is 1. The van der Waals surface area contributed by atoms with Gasteiger partial charge in [-0.1, -0.05) is 25.0 Å². The van der Waals surface area contributed by atoms with Crippen LogP contribution in [0.15, 0.2) is 24.3 Å². The van der Waals surface area contributed by atoms with Gasteiger partial charge >= 0.3 is 5.97 Å². The smallest absolute Gasteiger partial charge is 0.305 e. The lowest BCUT2D eigenvalue weighted by Gasteiger charge is -2.31. The maximum absolute atomic E-state index is 12.9. The van der Waals surface area contributed by atoms with Crippen LogP contribution in [-0.4, -0.2) is 13.1 Å². The Hall–Kier alpha value is -1.38. The van der Waals surface area contributed by atoms with Crippen LogP contribution < -0.4 is 0 Å². The first-order chi connectivity index (χ1) is 8.70. The lowest BCUT2D eigenvalue weighted by Crippen LogP contribution is -2.21. The number of benzene rings is 1. The Morgan fingerprint density at radius 1 is 1.28 bits per heavy atom. The van der Waals surface area contributed by atoms with Gasteiger partial charge in [-0.15, -0.1) is 0 Å². The first kappa shape index (κ1) is 13.1. The van der Waals surface area contributed by atoms with E-state index in [0.717, 1.165) is 18.4 Å². The number of halogens is 1. The van der Waals surface area contributed by atoms with Gasteiger partial charge in [-0.3, -0.25) is 4.79 Å². The van der Waals surface area contributed by atoms with Crippen molar-refractivity contribution >= 4 is 5.97 Å². The van der Waals surface area contributed by atoms with Crippen molar-refractivity contribution in [2.75, 3.05) is 7.11 Å². The molecule has 1 aliphatic rings. The average Bonchev–Trinajstić information content (AvgIpc) is 2.40. The van der Waals surface area contributed by atoms with Crippen molar-refractivity contribution < 1.29 is 13.9 Å². The van der Waals surface area contributed by atoms with Crippen LogP contribution in [0.2, 0.25) is 0 Å². The first-order valence-corrected chi connectivity index (χ1v) is 6.53. The summed E-state index contributed by atoms with van der Waals surface area (Å²) in [7, 11) is 1.43. The summed E-state index contributed by atoms with van der Waals surface area (Å²) in [6.07, 6.45) is 4.95.